The smallest absolute Gasteiger partial charge is 0.0910 e. The molecule has 0 fully saturated rings. The summed E-state index contributed by atoms with van der Waals surface area (Å²) >= 11 is 2.39. The van der Waals surface area contributed by atoms with Crippen molar-refractivity contribution < 1.29 is 0 Å². The van der Waals surface area contributed by atoms with E-state index in [1.807, 2.05) is 0 Å². The van der Waals surface area contributed by atoms with Crippen LogP contribution in [0, 0.1) is 3.57 Å². The monoisotopic (exact) mass is 348 g/mol. The third-order valence-electron chi connectivity index (χ3n) is 3.78. The first kappa shape index (κ1) is 10.7. The standard InChI is InChI=1S/C15H13IN2/c16-13-5-6-15-12(7-13)9-18-10-17(15)8-11-3-1-2-4-14(11)18/h1-7H,8-10H2. The van der Waals surface area contributed by atoms with Gasteiger partial charge in [0.2, 0.25) is 0 Å². The minimum Gasteiger partial charge on any atom is -0.349 e. The molecule has 0 amide bonds. The molecular weight excluding hydrogens is 335 g/mol. The minimum atomic E-state index is 1.02. The second kappa shape index (κ2) is 3.88. The molecule has 2 bridgehead atoms. The third kappa shape index (κ3) is 1.53. The number of nitrogens with zero attached hydrogens (tertiary/aromatic N) is 2. The molecule has 2 nitrogen and oxygen atoms in total. The lowest BCUT2D eigenvalue weighted by Gasteiger charge is -2.44. The van der Waals surface area contributed by atoms with E-state index >= 15 is 0 Å². The fourth-order valence-electron chi connectivity index (χ4n) is 2.98. The van der Waals surface area contributed by atoms with E-state index in [1.54, 1.807) is 0 Å². The molecule has 2 heterocycles. The number of para-hydroxylation sites is 1. The SMILES string of the molecule is Ic1ccc2c(c1)CN1CN2Cc2ccccc21. The maximum atomic E-state index is 2.47. The van der Waals surface area contributed by atoms with Gasteiger partial charge in [0.05, 0.1) is 6.67 Å². The van der Waals surface area contributed by atoms with E-state index in [-0.39, 0.29) is 0 Å². The molecule has 0 unspecified atom stereocenters. The molecule has 2 aliphatic rings. The molecule has 0 aliphatic carbocycles. The van der Waals surface area contributed by atoms with Gasteiger partial charge in [-0.25, -0.2) is 0 Å². The van der Waals surface area contributed by atoms with Gasteiger partial charge >= 0.3 is 0 Å². The van der Waals surface area contributed by atoms with E-state index in [0.717, 1.165) is 19.8 Å². The quantitative estimate of drug-likeness (QED) is 0.672. The van der Waals surface area contributed by atoms with Gasteiger partial charge in [-0.05, 0) is 58.0 Å². The van der Waals surface area contributed by atoms with Crippen LogP contribution >= 0.6 is 22.6 Å². The Morgan fingerprint density at radius 2 is 1.56 bits per heavy atom. The summed E-state index contributed by atoms with van der Waals surface area (Å²) in [7, 11) is 0. The van der Waals surface area contributed by atoms with Gasteiger partial charge in [0.15, 0.2) is 0 Å². The van der Waals surface area contributed by atoms with Gasteiger partial charge in [0, 0.05) is 28.0 Å². The number of anilines is 2. The first-order valence-electron chi connectivity index (χ1n) is 6.17. The van der Waals surface area contributed by atoms with Crippen LogP contribution in [-0.2, 0) is 13.1 Å². The van der Waals surface area contributed by atoms with Crippen LogP contribution in [0.15, 0.2) is 42.5 Å². The van der Waals surface area contributed by atoms with Crippen molar-refractivity contribution in [2.75, 3.05) is 16.5 Å². The molecule has 2 aliphatic heterocycles. The zero-order valence-electron chi connectivity index (χ0n) is 9.94. The molecule has 0 aromatic heterocycles. The third-order valence-corrected chi connectivity index (χ3v) is 4.45. The van der Waals surface area contributed by atoms with Gasteiger partial charge in [0.25, 0.3) is 0 Å². The van der Waals surface area contributed by atoms with E-state index in [0.29, 0.717) is 0 Å². The fraction of sp³-hybridized carbons (Fsp3) is 0.200. The summed E-state index contributed by atoms with van der Waals surface area (Å²) in [5, 5.41) is 0. The van der Waals surface area contributed by atoms with Crippen molar-refractivity contribution in [1.82, 2.24) is 0 Å². The van der Waals surface area contributed by atoms with E-state index in [2.05, 4.69) is 74.9 Å². The normalized spacial score (nSPS) is 16.3. The predicted molar refractivity (Wildman–Crippen MR) is 82.8 cm³/mol. The van der Waals surface area contributed by atoms with Gasteiger partial charge in [-0.15, -0.1) is 0 Å². The zero-order chi connectivity index (χ0) is 12.1. The van der Waals surface area contributed by atoms with Gasteiger partial charge < -0.3 is 9.80 Å². The second-order valence-corrected chi connectivity index (χ2v) is 6.18. The molecule has 0 radical (unpaired) electrons. The Morgan fingerprint density at radius 1 is 0.833 bits per heavy atom. The van der Waals surface area contributed by atoms with Crippen molar-refractivity contribution in [3.8, 4) is 0 Å². The molecule has 2 aromatic carbocycles. The largest absolute Gasteiger partial charge is 0.349 e. The minimum absolute atomic E-state index is 1.02. The number of benzene rings is 2. The number of hydrogen-bond acceptors (Lipinski definition) is 2. The van der Waals surface area contributed by atoms with Gasteiger partial charge in [0.1, 0.15) is 0 Å². The van der Waals surface area contributed by atoms with Crippen LogP contribution < -0.4 is 9.80 Å². The molecular formula is C15H13IN2. The number of hydrogen-bond donors (Lipinski definition) is 0. The van der Waals surface area contributed by atoms with Crippen LogP contribution in [0.4, 0.5) is 11.4 Å². The Bertz CT molecular complexity index is 624. The first-order valence-corrected chi connectivity index (χ1v) is 7.25. The van der Waals surface area contributed by atoms with Crippen LogP contribution in [0.1, 0.15) is 11.1 Å². The van der Waals surface area contributed by atoms with Crippen molar-refractivity contribution in [1.29, 1.82) is 0 Å². The van der Waals surface area contributed by atoms with E-state index < -0.39 is 0 Å². The lowest BCUT2D eigenvalue weighted by molar-refractivity contribution is 0.650. The fourth-order valence-corrected chi connectivity index (χ4v) is 3.54. The van der Waals surface area contributed by atoms with Crippen LogP contribution in [-0.4, -0.2) is 6.67 Å². The van der Waals surface area contributed by atoms with Gasteiger partial charge in [-0.1, -0.05) is 18.2 Å². The second-order valence-electron chi connectivity index (χ2n) is 4.94. The van der Waals surface area contributed by atoms with E-state index in [4.69, 9.17) is 0 Å². The van der Waals surface area contributed by atoms with Gasteiger partial charge in [-0.3, -0.25) is 0 Å². The number of rotatable bonds is 0. The molecule has 0 N–H and O–H groups in total. The molecule has 0 saturated heterocycles. The maximum Gasteiger partial charge on any atom is 0.0910 e. The Morgan fingerprint density at radius 3 is 2.44 bits per heavy atom. The Hall–Kier alpha value is -1.23. The lowest BCUT2D eigenvalue weighted by Crippen LogP contribution is -2.46. The van der Waals surface area contributed by atoms with Crippen molar-refractivity contribution in [3.63, 3.8) is 0 Å². The van der Waals surface area contributed by atoms with E-state index in [1.165, 1.54) is 26.1 Å². The van der Waals surface area contributed by atoms with Gasteiger partial charge in [-0.2, -0.15) is 0 Å². The van der Waals surface area contributed by atoms with Crippen molar-refractivity contribution in [2.24, 2.45) is 0 Å². The highest BCUT2D eigenvalue weighted by Crippen LogP contribution is 2.37. The predicted octanol–water partition coefficient (Wildman–Crippen LogP) is 3.59. The summed E-state index contributed by atoms with van der Waals surface area (Å²) in [5.74, 6) is 0. The molecule has 0 spiro atoms. The van der Waals surface area contributed by atoms with E-state index in [9.17, 15) is 0 Å². The first-order chi connectivity index (χ1) is 8.81. The van der Waals surface area contributed by atoms with Crippen LogP contribution in [0.3, 0.4) is 0 Å². The molecule has 3 heteroatoms. The summed E-state index contributed by atoms with van der Waals surface area (Å²) in [6.07, 6.45) is 0. The summed E-state index contributed by atoms with van der Waals surface area (Å²) in [5.41, 5.74) is 5.69. The molecule has 0 saturated carbocycles. The Kier molecular flexibility index (Phi) is 2.30. The van der Waals surface area contributed by atoms with Crippen LogP contribution in [0.2, 0.25) is 0 Å². The molecule has 0 atom stereocenters. The maximum absolute atomic E-state index is 2.47. The highest BCUT2D eigenvalue weighted by atomic mass is 127. The zero-order valence-corrected chi connectivity index (χ0v) is 12.1. The molecule has 18 heavy (non-hydrogen) atoms. The topological polar surface area (TPSA) is 6.48 Å². The highest BCUT2D eigenvalue weighted by molar-refractivity contribution is 14.1. The van der Waals surface area contributed by atoms with Crippen molar-refractivity contribution in [3.05, 3.63) is 57.2 Å². The van der Waals surface area contributed by atoms with Crippen molar-refractivity contribution >= 4 is 34.0 Å². The lowest BCUT2D eigenvalue weighted by atomic mass is 10.0. The molecule has 90 valence electrons. The number of fused-ring (bicyclic) bond motifs is 6. The summed E-state index contributed by atoms with van der Waals surface area (Å²) in [6.45, 7) is 3.07. The molecule has 4 rings (SSSR count). The summed E-state index contributed by atoms with van der Waals surface area (Å²) in [6, 6.07) is 15.5. The average Bonchev–Trinajstić information content (AvgIpc) is 2.38. The summed E-state index contributed by atoms with van der Waals surface area (Å²) < 4.78 is 1.32. The number of halogens is 1. The van der Waals surface area contributed by atoms with Crippen molar-refractivity contribution in [2.45, 2.75) is 13.1 Å². The van der Waals surface area contributed by atoms with Crippen LogP contribution in [0.25, 0.3) is 0 Å². The Balaban J connectivity index is 1.85. The Labute approximate surface area is 120 Å². The highest BCUT2D eigenvalue weighted by Gasteiger charge is 2.28. The average molecular weight is 348 g/mol. The van der Waals surface area contributed by atoms with Crippen LogP contribution in [0.5, 0.6) is 0 Å². The molecule has 2 aromatic rings. The summed E-state index contributed by atoms with van der Waals surface area (Å²) in [4.78, 5) is 4.94.